The van der Waals surface area contributed by atoms with Crippen LogP contribution in [0, 0.1) is 52.3 Å². The normalized spacial score (nSPS) is 39.8. The third-order valence-corrected chi connectivity index (χ3v) is 12.1. The standard InChI is InChI=1S/C33H54O6/c1-20(19-37-22(3)34)8-13-31(39-24(5)36)21(2)28-11-12-29-27-10-9-25-18-26(38-23(4)35)14-16-32(25,6)30(27)15-17-33(28,29)7/h20-21,25-31H,8-19H2,1-7H3. The lowest BCUT2D eigenvalue weighted by molar-refractivity contribution is -0.162. The second-order valence-electron chi connectivity index (χ2n) is 14.4. The first-order chi connectivity index (χ1) is 18.3. The van der Waals surface area contributed by atoms with Crippen molar-refractivity contribution in [2.24, 2.45) is 52.3 Å². The van der Waals surface area contributed by atoms with E-state index in [9.17, 15) is 14.4 Å². The number of ether oxygens (including phenoxy) is 3. The Kier molecular flexibility index (Phi) is 9.43. The zero-order valence-corrected chi connectivity index (χ0v) is 25.6. The van der Waals surface area contributed by atoms with Crippen LogP contribution in [0.2, 0.25) is 0 Å². The fourth-order valence-corrected chi connectivity index (χ4v) is 10.2. The third-order valence-electron chi connectivity index (χ3n) is 12.1. The van der Waals surface area contributed by atoms with E-state index < -0.39 is 0 Å². The quantitative estimate of drug-likeness (QED) is 0.226. The van der Waals surface area contributed by atoms with Crippen molar-refractivity contribution in [3.8, 4) is 0 Å². The van der Waals surface area contributed by atoms with Crippen molar-refractivity contribution in [1.82, 2.24) is 0 Å². The van der Waals surface area contributed by atoms with Gasteiger partial charge in [0.1, 0.15) is 12.2 Å². The molecule has 0 aromatic carbocycles. The Labute approximate surface area is 236 Å². The molecule has 4 aliphatic rings. The molecule has 0 spiro atoms. The minimum atomic E-state index is -0.243. The molecule has 4 aliphatic carbocycles. The highest BCUT2D eigenvalue weighted by molar-refractivity contribution is 5.66. The molecule has 0 heterocycles. The van der Waals surface area contributed by atoms with Gasteiger partial charge in [-0.25, -0.2) is 0 Å². The molecule has 0 N–H and O–H groups in total. The van der Waals surface area contributed by atoms with Gasteiger partial charge in [-0.3, -0.25) is 14.4 Å². The molecule has 0 aromatic heterocycles. The highest BCUT2D eigenvalue weighted by atomic mass is 16.5. The summed E-state index contributed by atoms with van der Waals surface area (Å²) in [5.41, 5.74) is 0.656. The Bertz CT molecular complexity index is 901. The van der Waals surface area contributed by atoms with E-state index in [4.69, 9.17) is 14.2 Å². The van der Waals surface area contributed by atoms with Crippen LogP contribution in [0.15, 0.2) is 0 Å². The molecule has 11 unspecified atom stereocenters. The summed E-state index contributed by atoms with van der Waals surface area (Å²) in [6.45, 7) is 14.5. The van der Waals surface area contributed by atoms with Crippen LogP contribution in [-0.4, -0.2) is 36.7 Å². The summed E-state index contributed by atoms with van der Waals surface area (Å²) in [4.78, 5) is 34.9. The van der Waals surface area contributed by atoms with Gasteiger partial charge in [0.05, 0.1) is 6.61 Å². The maximum absolute atomic E-state index is 12.1. The molecule has 11 atom stereocenters. The Morgan fingerprint density at radius 1 is 0.795 bits per heavy atom. The van der Waals surface area contributed by atoms with Gasteiger partial charge in [-0.1, -0.05) is 27.7 Å². The number of esters is 3. The largest absolute Gasteiger partial charge is 0.466 e. The summed E-state index contributed by atoms with van der Waals surface area (Å²) in [7, 11) is 0. The summed E-state index contributed by atoms with van der Waals surface area (Å²) >= 11 is 0. The van der Waals surface area contributed by atoms with Gasteiger partial charge in [-0.05, 0) is 123 Å². The summed E-state index contributed by atoms with van der Waals surface area (Å²) in [5, 5.41) is 0. The highest BCUT2D eigenvalue weighted by Crippen LogP contribution is 2.68. The second-order valence-corrected chi connectivity index (χ2v) is 14.4. The van der Waals surface area contributed by atoms with Crippen LogP contribution in [0.4, 0.5) is 0 Å². The van der Waals surface area contributed by atoms with E-state index in [1.54, 1.807) is 6.92 Å². The maximum Gasteiger partial charge on any atom is 0.302 e. The molecular weight excluding hydrogens is 492 g/mol. The van der Waals surface area contributed by atoms with Gasteiger partial charge < -0.3 is 14.2 Å². The average Bonchev–Trinajstić information content (AvgIpc) is 3.21. The molecule has 4 saturated carbocycles. The number of hydrogen-bond donors (Lipinski definition) is 0. The van der Waals surface area contributed by atoms with Crippen LogP contribution in [-0.2, 0) is 28.6 Å². The van der Waals surface area contributed by atoms with E-state index in [1.165, 1.54) is 58.8 Å². The zero-order chi connectivity index (χ0) is 28.5. The monoisotopic (exact) mass is 546 g/mol. The van der Waals surface area contributed by atoms with Crippen molar-refractivity contribution in [3.63, 3.8) is 0 Å². The first-order valence-electron chi connectivity index (χ1n) is 15.8. The molecule has 6 nitrogen and oxygen atoms in total. The molecule has 4 fully saturated rings. The highest BCUT2D eigenvalue weighted by Gasteiger charge is 2.61. The van der Waals surface area contributed by atoms with Gasteiger partial charge in [-0.15, -0.1) is 0 Å². The summed E-state index contributed by atoms with van der Waals surface area (Å²) in [6.07, 6.45) is 12.6. The van der Waals surface area contributed by atoms with Crippen LogP contribution >= 0.6 is 0 Å². The summed E-state index contributed by atoms with van der Waals surface area (Å²) in [6, 6.07) is 0. The average molecular weight is 547 g/mol. The Hall–Kier alpha value is -1.59. The van der Waals surface area contributed by atoms with Crippen LogP contribution in [0.25, 0.3) is 0 Å². The minimum absolute atomic E-state index is 0.0922. The maximum atomic E-state index is 12.1. The number of carbonyl (C=O) groups is 3. The number of rotatable bonds is 9. The van der Waals surface area contributed by atoms with Crippen molar-refractivity contribution < 1.29 is 28.6 Å². The number of fused-ring (bicyclic) bond motifs is 5. The van der Waals surface area contributed by atoms with E-state index in [-0.39, 0.29) is 36.0 Å². The molecule has 0 radical (unpaired) electrons. The van der Waals surface area contributed by atoms with Gasteiger partial charge >= 0.3 is 17.9 Å². The molecule has 0 amide bonds. The Morgan fingerprint density at radius 2 is 1.49 bits per heavy atom. The van der Waals surface area contributed by atoms with Crippen molar-refractivity contribution in [3.05, 3.63) is 0 Å². The molecule has 222 valence electrons. The van der Waals surface area contributed by atoms with E-state index in [2.05, 4.69) is 27.7 Å². The third kappa shape index (κ3) is 6.35. The predicted molar refractivity (Wildman–Crippen MR) is 151 cm³/mol. The fraction of sp³-hybridized carbons (Fsp3) is 0.909. The van der Waals surface area contributed by atoms with Gasteiger partial charge in [0.2, 0.25) is 0 Å². The first-order valence-corrected chi connectivity index (χ1v) is 15.8. The van der Waals surface area contributed by atoms with E-state index >= 15 is 0 Å². The first kappa shape index (κ1) is 30.4. The van der Waals surface area contributed by atoms with E-state index in [0.29, 0.717) is 35.2 Å². The summed E-state index contributed by atoms with van der Waals surface area (Å²) < 4.78 is 16.8. The Morgan fingerprint density at radius 3 is 2.15 bits per heavy atom. The molecule has 4 rings (SSSR count). The van der Waals surface area contributed by atoms with Gasteiger partial charge in [0.25, 0.3) is 0 Å². The minimum Gasteiger partial charge on any atom is -0.466 e. The topological polar surface area (TPSA) is 78.9 Å². The van der Waals surface area contributed by atoms with Crippen molar-refractivity contribution in [2.75, 3.05) is 6.61 Å². The van der Waals surface area contributed by atoms with Crippen molar-refractivity contribution in [2.45, 2.75) is 131 Å². The number of carbonyl (C=O) groups excluding carboxylic acids is 3. The smallest absolute Gasteiger partial charge is 0.302 e. The van der Waals surface area contributed by atoms with Gasteiger partial charge in [-0.2, -0.15) is 0 Å². The lowest BCUT2D eigenvalue weighted by Crippen LogP contribution is -2.54. The second kappa shape index (κ2) is 12.1. The Balaban J connectivity index is 1.43. The van der Waals surface area contributed by atoms with E-state index in [1.807, 2.05) is 0 Å². The van der Waals surface area contributed by atoms with Crippen LogP contribution in [0.1, 0.15) is 119 Å². The molecule has 0 bridgehead atoms. The van der Waals surface area contributed by atoms with Crippen molar-refractivity contribution >= 4 is 17.9 Å². The zero-order valence-electron chi connectivity index (χ0n) is 25.6. The van der Waals surface area contributed by atoms with Crippen LogP contribution < -0.4 is 0 Å². The fourth-order valence-electron chi connectivity index (χ4n) is 10.2. The van der Waals surface area contributed by atoms with E-state index in [0.717, 1.165) is 43.4 Å². The molecule has 0 aliphatic heterocycles. The number of hydrogen-bond acceptors (Lipinski definition) is 6. The molecule has 6 heteroatoms. The molecular formula is C33H54O6. The van der Waals surface area contributed by atoms with Gasteiger partial charge in [0, 0.05) is 20.8 Å². The van der Waals surface area contributed by atoms with Crippen molar-refractivity contribution in [1.29, 1.82) is 0 Å². The predicted octanol–water partition coefficient (Wildman–Crippen LogP) is 7.12. The molecule has 39 heavy (non-hydrogen) atoms. The van der Waals surface area contributed by atoms with Gasteiger partial charge in [0.15, 0.2) is 0 Å². The molecule has 0 aromatic rings. The lowest BCUT2D eigenvalue weighted by atomic mass is 9.44. The summed E-state index contributed by atoms with van der Waals surface area (Å²) in [5.74, 6) is 3.50. The van der Waals surface area contributed by atoms with Crippen LogP contribution in [0.3, 0.4) is 0 Å². The molecule has 0 saturated heterocycles. The lowest BCUT2D eigenvalue weighted by Gasteiger charge is -2.61. The van der Waals surface area contributed by atoms with Crippen LogP contribution in [0.5, 0.6) is 0 Å². The SMILES string of the molecule is CC(=O)OCC(C)CCC(OC(C)=O)C(C)C1CCC2C3CCC4CC(OC(C)=O)CCC4(C)C3CCC12C.